The molecule has 0 aromatic heterocycles. The second kappa shape index (κ2) is 6.47. The van der Waals surface area contributed by atoms with Crippen LogP contribution in [0.5, 0.6) is 11.5 Å². The molecule has 1 spiro atoms. The van der Waals surface area contributed by atoms with Gasteiger partial charge in [-0.05, 0) is 62.1 Å². The zero-order valence-corrected chi connectivity index (χ0v) is 16.4. The number of fused-ring (bicyclic) bond motifs is 4. The summed E-state index contributed by atoms with van der Waals surface area (Å²) in [4.78, 5) is 0. The molecule has 1 saturated heterocycles. The second-order valence-corrected chi connectivity index (χ2v) is 9.25. The number of phenols is 2. The maximum absolute atomic E-state index is 10.8. The van der Waals surface area contributed by atoms with Gasteiger partial charge in [0, 0.05) is 29.5 Å². The minimum Gasteiger partial charge on any atom is -0.508 e. The smallest absolute Gasteiger partial charge is 0.140 e. The third kappa shape index (κ3) is 2.49. The number of ether oxygens (including phenoxy) is 1. The number of allylic oxidation sites excluding steroid dienone is 3. The molecule has 28 heavy (non-hydrogen) atoms. The molecule has 3 fully saturated rings. The van der Waals surface area contributed by atoms with E-state index < -0.39 is 5.60 Å². The monoisotopic (exact) mass is 382 g/mol. The minimum absolute atomic E-state index is 0.0727. The number of hydrogen-bond donors (Lipinski definition) is 3. The lowest BCUT2D eigenvalue weighted by atomic mass is 9.48. The van der Waals surface area contributed by atoms with Crippen molar-refractivity contribution in [2.75, 3.05) is 0 Å². The molecule has 3 atom stereocenters. The van der Waals surface area contributed by atoms with Gasteiger partial charge in [-0.15, -0.1) is 0 Å². The Bertz CT molecular complexity index is 833. The normalized spacial score (nSPS) is 33.9. The largest absolute Gasteiger partial charge is 0.508 e. The molecule has 150 valence electrons. The van der Waals surface area contributed by atoms with E-state index in [0.717, 1.165) is 37.0 Å². The van der Waals surface area contributed by atoms with Crippen LogP contribution in [0.25, 0.3) is 0 Å². The maximum Gasteiger partial charge on any atom is 0.140 e. The van der Waals surface area contributed by atoms with E-state index in [1.807, 2.05) is 18.2 Å². The van der Waals surface area contributed by atoms with Crippen LogP contribution in [-0.4, -0.2) is 15.3 Å². The molecule has 1 aromatic rings. The lowest BCUT2D eigenvalue weighted by Gasteiger charge is -2.62. The Hall–Kier alpha value is -2.10. The first-order valence-electron chi connectivity index (χ1n) is 10.9. The highest BCUT2D eigenvalue weighted by molar-refractivity contribution is 5.45. The predicted molar refractivity (Wildman–Crippen MR) is 107 cm³/mol. The van der Waals surface area contributed by atoms with Crippen molar-refractivity contribution in [1.82, 2.24) is 0 Å². The van der Waals surface area contributed by atoms with Gasteiger partial charge in [0.05, 0.1) is 0 Å². The van der Waals surface area contributed by atoms with Crippen molar-refractivity contribution >= 4 is 0 Å². The molecule has 3 aliphatic carbocycles. The van der Waals surface area contributed by atoms with Crippen molar-refractivity contribution in [2.24, 2.45) is 17.3 Å². The fraction of sp³-hybridized carbons (Fsp3) is 0.583. The summed E-state index contributed by atoms with van der Waals surface area (Å²) in [6, 6.07) is 4.94. The zero-order chi connectivity index (χ0) is 19.4. The average molecular weight is 383 g/mol. The summed E-state index contributed by atoms with van der Waals surface area (Å²) in [6.45, 7) is 0. The maximum atomic E-state index is 10.8. The van der Waals surface area contributed by atoms with E-state index in [2.05, 4.69) is 0 Å². The predicted octanol–water partition coefficient (Wildman–Crippen LogP) is 5.81. The fourth-order valence-electron chi connectivity index (χ4n) is 6.91. The second-order valence-electron chi connectivity index (χ2n) is 9.25. The van der Waals surface area contributed by atoms with Crippen LogP contribution in [0.3, 0.4) is 0 Å². The number of hydrogen-bond acceptors (Lipinski definition) is 4. The van der Waals surface area contributed by atoms with Gasteiger partial charge in [-0.3, -0.25) is 0 Å². The molecule has 1 heterocycles. The van der Waals surface area contributed by atoms with Gasteiger partial charge in [-0.25, -0.2) is 0 Å². The Labute approximate surface area is 166 Å². The lowest BCUT2D eigenvalue weighted by Crippen LogP contribution is -2.58. The number of aliphatic hydroxyl groups is 1. The van der Waals surface area contributed by atoms with Crippen molar-refractivity contribution < 1.29 is 20.1 Å². The third-order valence-electron chi connectivity index (χ3n) is 7.96. The molecule has 5 rings (SSSR count). The highest BCUT2D eigenvalue weighted by atomic mass is 16.5. The first-order valence-corrected chi connectivity index (χ1v) is 10.9. The number of aliphatic hydroxyl groups excluding tert-OH is 1. The summed E-state index contributed by atoms with van der Waals surface area (Å²) in [5.41, 5.74) is 0.380. The Balaban J connectivity index is 1.71. The minimum atomic E-state index is -0.576. The van der Waals surface area contributed by atoms with Crippen LogP contribution >= 0.6 is 0 Å². The summed E-state index contributed by atoms with van der Waals surface area (Å²) in [5.74, 6) is 2.04. The van der Waals surface area contributed by atoms with E-state index in [4.69, 9.17) is 4.74 Å². The fourth-order valence-corrected chi connectivity index (χ4v) is 6.91. The van der Waals surface area contributed by atoms with Crippen molar-refractivity contribution in [3.63, 3.8) is 0 Å². The molecule has 0 amide bonds. The molecular formula is C24H30O4. The summed E-state index contributed by atoms with van der Waals surface area (Å²) < 4.78 is 6.81. The zero-order valence-electron chi connectivity index (χ0n) is 16.4. The topological polar surface area (TPSA) is 69.9 Å². The molecule has 4 nitrogen and oxygen atoms in total. The van der Waals surface area contributed by atoms with Gasteiger partial charge in [-0.2, -0.15) is 0 Å². The molecule has 1 aliphatic heterocycles. The van der Waals surface area contributed by atoms with Crippen LogP contribution in [0.15, 0.2) is 41.9 Å². The summed E-state index contributed by atoms with van der Waals surface area (Å²) in [7, 11) is 0. The van der Waals surface area contributed by atoms with Crippen LogP contribution < -0.4 is 0 Å². The SMILES string of the molecule is OC1=CCC2C(=C1)OC1(c3ccc(O)cc3O)CCCCC1C21CCCCC1. The molecule has 1 aromatic carbocycles. The summed E-state index contributed by atoms with van der Waals surface area (Å²) in [6.07, 6.45) is 15.0. The molecule has 0 radical (unpaired) electrons. The van der Waals surface area contributed by atoms with Gasteiger partial charge in [0.15, 0.2) is 0 Å². The van der Waals surface area contributed by atoms with Gasteiger partial charge in [-0.1, -0.05) is 25.7 Å². The molecule has 4 aliphatic rings. The van der Waals surface area contributed by atoms with E-state index >= 15 is 0 Å². The van der Waals surface area contributed by atoms with Crippen LogP contribution in [0, 0.1) is 17.3 Å². The Morgan fingerprint density at radius 1 is 0.929 bits per heavy atom. The highest BCUT2D eigenvalue weighted by Gasteiger charge is 2.62. The molecule has 3 N–H and O–H groups in total. The lowest BCUT2D eigenvalue weighted by molar-refractivity contribution is -0.203. The van der Waals surface area contributed by atoms with Crippen LogP contribution in [0.1, 0.15) is 69.8 Å². The summed E-state index contributed by atoms with van der Waals surface area (Å²) in [5, 5.41) is 30.8. The van der Waals surface area contributed by atoms with Crippen molar-refractivity contribution in [2.45, 2.75) is 69.8 Å². The number of phenolic OH excluding ortho intramolecular Hbond substituents is 2. The van der Waals surface area contributed by atoms with Gasteiger partial charge in [0.2, 0.25) is 0 Å². The number of rotatable bonds is 1. The Kier molecular flexibility index (Phi) is 4.15. The first-order chi connectivity index (χ1) is 13.6. The van der Waals surface area contributed by atoms with Crippen molar-refractivity contribution in [1.29, 1.82) is 0 Å². The first kappa shape index (κ1) is 18.0. The standard InChI is InChI=1S/C24H30O4/c25-16-7-9-18(20(27)14-16)24-13-5-2-6-22(24)23(11-3-1-4-12-23)19-10-8-17(26)15-21(19)28-24/h7-9,14-15,19,22,25-27H,1-6,10-13H2. The van der Waals surface area contributed by atoms with E-state index in [1.165, 1.54) is 44.6 Å². The van der Waals surface area contributed by atoms with Gasteiger partial charge in [0.25, 0.3) is 0 Å². The number of aromatic hydroxyl groups is 2. The van der Waals surface area contributed by atoms with Crippen LogP contribution in [0.2, 0.25) is 0 Å². The van der Waals surface area contributed by atoms with Crippen LogP contribution in [-0.2, 0) is 10.3 Å². The summed E-state index contributed by atoms with van der Waals surface area (Å²) >= 11 is 0. The average Bonchev–Trinajstić information content (AvgIpc) is 2.68. The van der Waals surface area contributed by atoms with Crippen molar-refractivity contribution in [3.05, 3.63) is 47.4 Å². The van der Waals surface area contributed by atoms with Gasteiger partial charge < -0.3 is 20.1 Å². The Morgan fingerprint density at radius 2 is 1.71 bits per heavy atom. The van der Waals surface area contributed by atoms with E-state index in [-0.39, 0.29) is 22.7 Å². The Morgan fingerprint density at radius 3 is 2.50 bits per heavy atom. The third-order valence-corrected chi connectivity index (χ3v) is 7.96. The van der Waals surface area contributed by atoms with E-state index in [0.29, 0.717) is 11.8 Å². The van der Waals surface area contributed by atoms with Crippen molar-refractivity contribution in [3.8, 4) is 11.5 Å². The molecule has 4 heteroatoms. The number of benzene rings is 1. The molecule has 3 unspecified atom stereocenters. The highest BCUT2D eigenvalue weighted by Crippen LogP contribution is 2.67. The van der Waals surface area contributed by atoms with E-state index in [9.17, 15) is 15.3 Å². The van der Waals surface area contributed by atoms with Crippen LogP contribution in [0.4, 0.5) is 0 Å². The van der Waals surface area contributed by atoms with E-state index in [1.54, 1.807) is 6.07 Å². The molecule has 0 bridgehead atoms. The molecular weight excluding hydrogens is 352 g/mol. The van der Waals surface area contributed by atoms with Gasteiger partial charge in [0.1, 0.15) is 28.6 Å². The molecule has 2 saturated carbocycles. The van der Waals surface area contributed by atoms with Gasteiger partial charge >= 0.3 is 0 Å². The quantitative estimate of drug-likeness (QED) is 0.573.